The minimum atomic E-state index is -0.0745. The summed E-state index contributed by atoms with van der Waals surface area (Å²) in [6, 6.07) is 17.9. The summed E-state index contributed by atoms with van der Waals surface area (Å²) < 4.78 is 11.6. The molecule has 1 atom stereocenters. The van der Waals surface area contributed by atoms with Crippen LogP contribution in [0.3, 0.4) is 0 Å². The highest BCUT2D eigenvalue weighted by Gasteiger charge is 2.25. The summed E-state index contributed by atoms with van der Waals surface area (Å²) in [7, 11) is 0. The van der Waals surface area contributed by atoms with Crippen molar-refractivity contribution in [2.75, 3.05) is 19.7 Å². The molecule has 1 fully saturated rings. The van der Waals surface area contributed by atoms with Crippen molar-refractivity contribution >= 4 is 5.91 Å². The number of carbonyl (C=O) groups excluding carboxylic acids is 1. The second-order valence-electron chi connectivity index (χ2n) is 6.94. The maximum absolute atomic E-state index is 12.6. The average Bonchev–Trinajstić information content (AvgIpc) is 2.79. The molecule has 6 heteroatoms. The Hall–Kier alpha value is -3.41. The predicted octanol–water partition coefficient (Wildman–Crippen LogP) is 3.59. The van der Waals surface area contributed by atoms with Gasteiger partial charge >= 0.3 is 0 Å². The Labute approximate surface area is 170 Å². The lowest BCUT2D eigenvalue weighted by Gasteiger charge is -2.32. The average molecular weight is 389 g/mol. The molecule has 1 aliphatic heterocycles. The first kappa shape index (κ1) is 18.9. The number of likely N-dealkylation sites (tertiary alicyclic amines) is 1. The largest absolute Gasteiger partial charge is 0.484 e. The molecule has 0 spiro atoms. The van der Waals surface area contributed by atoms with E-state index in [1.165, 1.54) is 0 Å². The monoisotopic (exact) mass is 389 g/mol. The minimum Gasteiger partial charge on any atom is -0.484 e. The zero-order valence-electron chi connectivity index (χ0n) is 16.1. The highest BCUT2D eigenvalue weighted by Crippen LogP contribution is 2.22. The van der Waals surface area contributed by atoms with Crippen molar-refractivity contribution in [3.8, 4) is 22.8 Å². The van der Waals surface area contributed by atoms with Crippen LogP contribution in [0, 0.1) is 0 Å². The molecule has 0 radical (unpaired) electrons. The van der Waals surface area contributed by atoms with E-state index in [0.29, 0.717) is 18.2 Å². The molecule has 0 bridgehead atoms. The highest BCUT2D eigenvalue weighted by atomic mass is 16.5. The number of piperidine rings is 1. The summed E-state index contributed by atoms with van der Waals surface area (Å²) in [6.07, 6.45) is 6.49. The van der Waals surface area contributed by atoms with Gasteiger partial charge in [0, 0.05) is 18.9 Å². The van der Waals surface area contributed by atoms with Gasteiger partial charge in [0.05, 0.1) is 12.7 Å². The molecule has 0 aliphatic carbocycles. The number of ether oxygens (including phenoxy) is 2. The van der Waals surface area contributed by atoms with Crippen molar-refractivity contribution in [3.63, 3.8) is 0 Å². The third-order valence-electron chi connectivity index (χ3n) is 4.88. The van der Waals surface area contributed by atoms with Gasteiger partial charge in [-0.1, -0.05) is 42.5 Å². The number of benzene rings is 2. The molecule has 6 nitrogen and oxygen atoms in total. The molecule has 29 heavy (non-hydrogen) atoms. The van der Waals surface area contributed by atoms with Crippen LogP contribution >= 0.6 is 0 Å². The molecule has 1 aliphatic rings. The molecular weight excluding hydrogens is 366 g/mol. The third-order valence-corrected chi connectivity index (χ3v) is 4.88. The van der Waals surface area contributed by atoms with Gasteiger partial charge in [-0.15, -0.1) is 0 Å². The molecule has 1 amide bonds. The third kappa shape index (κ3) is 5.10. The molecule has 1 unspecified atom stereocenters. The van der Waals surface area contributed by atoms with Crippen LogP contribution < -0.4 is 9.47 Å². The number of hydrogen-bond acceptors (Lipinski definition) is 5. The molecule has 3 aromatic rings. The van der Waals surface area contributed by atoms with Gasteiger partial charge in [0.1, 0.15) is 11.9 Å². The topological polar surface area (TPSA) is 64.5 Å². The van der Waals surface area contributed by atoms with Gasteiger partial charge in [-0.2, -0.15) is 0 Å². The minimum absolute atomic E-state index is 0.0164. The van der Waals surface area contributed by atoms with Gasteiger partial charge in [0.15, 0.2) is 6.61 Å². The summed E-state index contributed by atoms with van der Waals surface area (Å²) in [5.41, 5.74) is 2.27. The summed E-state index contributed by atoms with van der Waals surface area (Å²) in [5.74, 6) is 1.13. The molecule has 1 saturated heterocycles. The molecule has 1 aromatic heterocycles. The van der Waals surface area contributed by atoms with Crippen molar-refractivity contribution in [2.24, 2.45) is 0 Å². The van der Waals surface area contributed by atoms with Crippen LogP contribution in [0.5, 0.6) is 11.6 Å². The van der Waals surface area contributed by atoms with E-state index >= 15 is 0 Å². The Morgan fingerprint density at radius 3 is 2.59 bits per heavy atom. The molecule has 0 saturated carbocycles. The molecule has 4 rings (SSSR count). The molecule has 2 heterocycles. The SMILES string of the molecule is O=C(COc1ccc(-c2ccccc2)cc1)N1CCCC(Oc2cnccn2)C1. The lowest BCUT2D eigenvalue weighted by molar-refractivity contribution is -0.136. The van der Waals surface area contributed by atoms with Crippen LogP contribution in [0.25, 0.3) is 11.1 Å². The van der Waals surface area contributed by atoms with Gasteiger partial charge in [0.25, 0.3) is 5.91 Å². The van der Waals surface area contributed by atoms with Crippen molar-refractivity contribution in [1.29, 1.82) is 0 Å². The van der Waals surface area contributed by atoms with Gasteiger partial charge in [-0.3, -0.25) is 9.78 Å². The molecule has 148 valence electrons. The fraction of sp³-hybridized carbons (Fsp3) is 0.261. The Morgan fingerprint density at radius 2 is 1.83 bits per heavy atom. The van der Waals surface area contributed by atoms with E-state index in [1.807, 2.05) is 42.5 Å². The van der Waals surface area contributed by atoms with Crippen LogP contribution in [0.2, 0.25) is 0 Å². The normalized spacial score (nSPS) is 16.3. The van der Waals surface area contributed by atoms with Gasteiger partial charge < -0.3 is 14.4 Å². The lowest BCUT2D eigenvalue weighted by Crippen LogP contribution is -2.46. The van der Waals surface area contributed by atoms with Crippen LogP contribution in [0.1, 0.15) is 12.8 Å². The zero-order valence-corrected chi connectivity index (χ0v) is 16.1. The number of amides is 1. The van der Waals surface area contributed by atoms with Gasteiger partial charge in [-0.25, -0.2) is 4.98 Å². The highest BCUT2D eigenvalue weighted by molar-refractivity contribution is 5.78. The smallest absolute Gasteiger partial charge is 0.260 e. The fourth-order valence-electron chi connectivity index (χ4n) is 3.39. The first-order valence-corrected chi connectivity index (χ1v) is 9.77. The summed E-state index contributed by atoms with van der Waals surface area (Å²) >= 11 is 0. The molecule has 2 aromatic carbocycles. The van der Waals surface area contributed by atoms with E-state index in [0.717, 1.165) is 30.5 Å². The van der Waals surface area contributed by atoms with E-state index < -0.39 is 0 Å². The van der Waals surface area contributed by atoms with E-state index in [9.17, 15) is 4.79 Å². The lowest BCUT2D eigenvalue weighted by atomic mass is 10.1. The predicted molar refractivity (Wildman–Crippen MR) is 110 cm³/mol. The van der Waals surface area contributed by atoms with Crippen molar-refractivity contribution in [1.82, 2.24) is 14.9 Å². The summed E-state index contributed by atoms with van der Waals surface area (Å²) in [5, 5.41) is 0. The van der Waals surface area contributed by atoms with Crippen LogP contribution in [0.4, 0.5) is 0 Å². The number of carbonyl (C=O) groups is 1. The van der Waals surface area contributed by atoms with E-state index in [1.54, 1.807) is 23.5 Å². The maximum Gasteiger partial charge on any atom is 0.260 e. The van der Waals surface area contributed by atoms with E-state index in [-0.39, 0.29) is 18.6 Å². The maximum atomic E-state index is 12.6. The number of hydrogen-bond donors (Lipinski definition) is 0. The zero-order chi connectivity index (χ0) is 19.9. The first-order chi connectivity index (χ1) is 14.3. The van der Waals surface area contributed by atoms with Gasteiger partial charge in [-0.05, 0) is 36.1 Å². The molecular formula is C23H23N3O3. The van der Waals surface area contributed by atoms with Crippen LogP contribution in [-0.4, -0.2) is 46.6 Å². The fourth-order valence-corrected chi connectivity index (χ4v) is 3.39. The number of rotatable bonds is 6. The Balaban J connectivity index is 1.29. The van der Waals surface area contributed by atoms with Crippen molar-refractivity contribution in [3.05, 3.63) is 73.2 Å². The Kier molecular flexibility index (Phi) is 6.00. The van der Waals surface area contributed by atoms with Crippen molar-refractivity contribution in [2.45, 2.75) is 18.9 Å². The van der Waals surface area contributed by atoms with E-state index in [2.05, 4.69) is 22.1 Å². The Bertz CT molecular complexity index is 917. The van der Waals surface area contributed by atoms with Crippen LogP contribution in [0.15, 0.2) is 73.2 Å². The standard InChI is InChI=1S/C23H23N3O3/c27-23(26-14-4-7-21(16-26)29-22-15-24-12-13-25-22)17-28-20-10-8-19(9-11-20)18-5-2-1-3-6-18/h1-3,5-6,8-13,15,21H,4,7,14,16-17H2. The second kappa shape index (κ2) is 9.19. The summed E-state index contributed by atoms with van der Waals surface area (Å²) in [6.45, 7) is 1.27. The summed E-state index contributed by atoms with van der Waals surface area (Å²) in [4.78, 5) is 22.5. The van der Waals surface area contributed by atoms with Crippen LogP contribution in [-0.2, 0) is 4.79 Å². The number of nitrogens with zero attached hydrogens (tertiary/aromatic N) is 3. The number of aromatic nitrogens is 2. The van der Waals surface area contributed by atoms with Gasteiger partial charge in [0.2, 0.25) is 5.88 Å². The van der Waals surface area contributed by atoms with Crippen molar-refractivity contribution < 1.29 is 14.3 Å². The quantitative estimate of drug-likeness (QED) is 0.645. The van der Waals surface area contributed by atoms with E-state index in [4.69, 9.17) is 9.47 Å². The first-order valence-electron chi connectivity index (χ1n) is 9.77. The Morgan fingerprint density at radius 1 is 1.03 bits per heavy atom. The molecule has 0 N–H and O–H groups in total. The second-order valence-corrected chi connectivity index (χ2v) is 6.94.